The van der Waals surface area contributed by atoms with Gasteiger partial charge < -0.3 is 5.11 Å². The van der Waals surface area contributed by atoms with Gasteiger partial charge in [0.15, 0.2) is 4.34 Å². The van der Waals surface area contributed by atoms with E-state index in [1.54, 1.807) is 19.2 Å². The van der Waals surface area contributed by atoms with Crippen LogP contribution in [-0.4, -0.2) is 10.1 Å². The number of benzene rings is 1. The number of nitrogens with zero attached hydrogens (tertiary/aromatic N) is 1. The Labute approximate surface area is 101 Å². The molecule has 0 saturated heterocycles. The van der Waals surface area contributed by atoms with E-state index in [2.05, 4.69) is 4.98 Å². The maximum absolute atomic E-state index is 13.1. The zero-order valence-electron chi connectivity index (χ0n) is 8.55. The summed E-state index contributed by atoms with van der Waals surface area (Å²) in [7, 11) is 0. The zero-order valence-corrected chi connectivity index (χ0v) is 10.2. The molecule has 0 spiro atoms. The second kappa shape index (κ2) is 4.95. The lowest BCUT2D eigenvalue weighted by atomic mass is 10.1. The molecule has 0 unspecified atom stereocenters. The maximum Gasteiger partial charge on any atom is 0.154 e. The average molecular weight is 255 g/mol. The molecule has 0 saturated carbocycles. The molecule has 1 aromatic carbocycles. The van der Waals surface area contributed by atoms with Crippen molar-refractivity contribution in [1.29, 1.82) is 0 Å². The highest BCUT2D eigenvalue weighted by atomic mass is 32.2. The fraction of sp³-hybridized carbons (Fsp3) is 0.182. The van der Waals surface area contributed by atoms with Crippen LogP contribution in [0.25, 0.3) is 0 Å². The SMILES string of the molecule is C[C@@H](O)c1cc(F)ccc1Sc1nccs1. The van der Waals surface area contributed by atoms with Crippen molar-refractivity contribution >= 4 is 23.1 Å². The number of rotatable bonds is 3. The van der Waals surface area contributed by atoms with Gasteiger partial charge in [-0.3, -0.25) is 0 Å². The summed E-state index contributed by atoms with van der Waals surface area (Å²) in [6, 6.07) is 4.42. The molecule has 1 aromatic heterocycles. The van der Waals surface area contributed by atoms with Gasteiger partial charge >= 0.3 is 0 Å². The Kier molecular flexibility index (Phi) is 3.58. The second-order valence-electron chi connectivity index (χ2n) is 3.26. The van der Waals surface area contributed by atoms with Crippen LogP contribution in [0.3, 0.4) is 0 Å². The van der Waals surface area contributed by atoms with Crippen LogP contribution in [0.4, 0.5) is 4.39 Å². The molecule has 1 N–H and O–H groups in total. The van der Waals surface area contributed by atoms with Gasteiger partial charge in [-0.2, -0.15) is 0 Å². The van der Waals surface area contributed by atoms with E-state index in [1.165, 1.54) is 35.2 Å². The van der Waals surface area contributed by atoms with Crippen molar-refractivity contribution < 1.29 is 9.50 Å². The van der Waals surface area contributed by atoms with Crippen LogP contribution in [0.15, 0.2) is 39.0 Å². The summed E-state index contributed by atoms with van der Waals surface area (Å²) in [4.78, 5) is 4.98. The Balaban J connectivity index is 2.33. The smallest absolute Gasteiger partial charge is 0.154 e. The number of aromatic nitrogens is 1. The highest BCUT2D eigenvalue weighted by Crippen LogP contribution is 2.34. The van der Waals surface area contributed by atoms with Crippen molar-refractivity contribution in [3.05, 3.63) is 41.2 Å². The molecule has 16 heavy (non-hydrogen) atoms. The molecule has 5 heteroatoms. The monoisotopic (exact) mass is 255 g/mol. The van der Waals surface area contributed by atoms with Gasteiger partial charge in [0.2, 0.25) is 0 Å². The van der Waals surface area contributed by atoms with Crippen LogP contribution in [0.1, 0.15) is 18.6 Å². The standard InChI is InChI=1S/C11H10FNOS2/c1-7(14)9-6-8(12)2-3-10(9)16-11-13-4-5-15-11/h2-7,14H,1H3/t7-/m1/s1. The molecule has 0 bridgehead atoms. The Hall–Kier alpha value is -0.910. The summed E-state index contributed by atoms with van der Waals surface area (Å²) >= 11 is 2.96. The van der Waals surface area contributed by atoms with Gasteiger partial charge in [-0.15, -0.1) is 11.3 Å². The summed E-state index contributed by atoms with van der Waals surface area (Å²) in [5.74, 6) is -0.334. The molecule has 0 aliphatic carbocycles. The van der Waals surface area contributed by atoms with E-state index in [4.69, 9.17) is 0 Å². The first-order valence-corrected chi connectivity index (χ1v) is 6.41. The van der Waals surface area contributed by atoms with Gasteiger partial charge in [-0.1, -0.05) is 11.8 Å². The quantitative estimate of drug-likeness (QED) is 0.911. The highest BCUT2D eigenvalue weighted by molar-refractivity contribution is 8.01. The third-order valence-electron chi connectivity index (χ3n) is 2.03. The molecule has 0 aliphatic rings. The van der Waals surface area contributed by atoms with Gasteiger partial charge in [0.1, 0.15) is 5.82 Å². The number of aliphatic hydroxyl groups is 1. The zero-order chi connectivity index (χ0) is 11.5. The fourth-order valence-electron chi connectivity index (χ4n) is 1.29. The lowest BCUT2D eigenvalue weighted by molar-refractivity contribution is 0.196. The van der Waals surface area contributed by atoms with Crippen molar-refractivity contribution in [3.63, 3.8) is 0 Å². The van der Waals surface area contributed by atoms with E-state index >= 15 is 0 Å². The molecule has 2 aromatic rings. The summed E-state index contributed by atoms with van der Waals surface area (Å²) in [6.07, 6.45) is 1.04. The van der Waals surface area contributed by atoms with E-state index in [1.807, 2.05) is 5.38 Å². The van der Waals surface area contributed by atoms with Crippen LogP contribution in [0.2, 0.25) is 0 Å². The molecule has 2 nitrogen and oxygen atoms in total. The normalized spacial score (nSPS) is 12.7. The molecule has 84 valence electrons. The van der Waals surface area contributed by atoms with E-state index in [-0.39, 0.29) is 5.82 Å². The minimum Gasteiger partial charge on any atom is -0.389 e. The second-order valence-corrected chi connectivity index (χ2v) is 5.44. The van der Waals surface area contributed by atoms with Gasteiger partial charge in [0, 0.05) is 16.5 Å². The molecule has 1 heterocycles. The van der Waals surface area contributed by atoms with Gasteiger partial charge in [-0.25, -0.2) is 9.37 Å². The number of thiazole rings is 1. The summed E-state index contributed by atoms with van der Waals surface area (Å²) in [5.41, 5.74) is 0.597. The van der Waals surface area contributed by atoms with E-state index in [9.17, 15) is 9.50 Å². The van der Waals surface area contributed by atoms with Crippen LogP contribution in [0, 0.1) is 5.82 Å². The van der Waals surface area contributed by atoms with E-state index in [0.29, 0.717) is 5.56 Å². The maximum atomic E-state index is 13.1. The van der Waals surface area contributed by atoms with Crippen molar-refractivity contribution in [1.82, 2.24) is 4.98 Å². The third kappa shape index (κ3) is 2.61. The van der Waals surface area contributed by atoms with Crippen LogP contribution < -0.4 is 0 Å². The third-order valence-corrected chi connectivity index (χ3v) is 4.00. The minimum absolute atomic E-state index is 0.334. The van der Waals surface area contributed by atoms with Crippen molar-refractivity contribution in [2.75, 3.05) is 0 Å². The van der Waals surface area contributed by atoms with E-state index < -0.39 is 6.10 Å². The van der Waals surface area contributed by atoms with Crippen molar-refractivity contribution in [2.45, 2.75) is 22.3 Å². The number of hydrogen-bond donors (Lipinski definition) is 1. The summed E-state index contributed by atoms with van der Waals surface area (Å²) in [5, 5.41) is 11.4. The van der Waals surface area contributed by atoms with Gasteiger partial charge in [0.05, 0.1) is 6.10 Å². The fourth-order valence-corrected chi connectivity index (χ4v) is 3.07. The average Bonchev–Trinajstić information content (AvgIpc) is 2.73. The number of hydrogen-bond acceptors (Lipinski definition) is 4. The lowest BCUT2D eigenvalue weighted by Crippen LogP contribution is -1.95. The summed E-state index contributed by atoms with van der Waals surface area (Å²) in [6.45, 7) is 1.63. The topological polar surface area (TPSA) is 33.1 Å². The van der Waals surface area contributed by atoms with Crippen molar-refractivity contribution in [3.8, 4) is 0 Å². The predicted molar refractivity (Wildman–Crippen MR) is 63.3 cm³/mol. The Morgan fingerprint density at radius 1 is 1.50 bits per heavy atom. The molecule has 0 radical (unpaired) electrons. The molecule has 0 aliphatic heterocycles. The van der Waals surface area contributed by atoms with Gasteiger partial charge in [-0.05, 0) is 30.7 Å². The van der Waals surface area contributed by atoms with Crippen LogP contribution in [-0.2, 0) is 0 Å². The first-order valence-electron chi connectivity index (χ1n) is 4.71. The number of halogens is 1. The molecular weight excluding hydrogens is 245 g/mol. The minimum atomic E-state index is -0.682. The largest absolute Gasteiger partial charge is 0.389 e. The Morgan fingerprint density at radius 3 is 2.94 bits per heavy atom. The molecule has 0 amide bonds. The molecule has 0 fully saturated rings. The number of aliphatic hydroxyl groups excluding tert-OH is 1. The lowest BCUT2D eigenvalue weighted by Gasteiger charge is -2.10. The molecule has 2 rings (SSSR count). The Morgan fingerprint density at radius 2 is 2.31 bits per heavy atom. The predicted octanol–water partition coefficient (Wildman–Crippen LogP) is 3.49. The van der Waals surface area contributed by atoms with E-state index in [0.717, 1.165) is 9.24 Å². The van der Waals surface area contributed by atoms with Gasteiger partial charge in [0.25, 0.3) is 0 Å². The Bertz CT molecular complexity index is 471. The first kappa shape index (κ1) is 11.6. The highest BCUT2D eigenvalue weighted by Gasteiger charge is 2.11. The molecular formula is C11H10FNOS2. The van der Waals surface area contributed by atoms with Crippen molar-refractivity contribution in [2.24, 2.45) is 0 Å². The first-order chi connectivity index (χ1) is 7.66. The summed E-state index contributed by atoms with van der Waals surface area (Å²) < 4.78 is 13.9. The molecule has 1 atom stereocenters. The van der Waals surface area contributed by atoms with Crippen LogP contribution in [0.5, 0.6) is 0 Å². The van der Waals surface area contributed by atoms with Crippen LogP contribution >= 0.6 is 23.1 Å².